The number of hydrogen-bond acceptors (Lipinski definition) is 5. The van der Waals surface area contributed by atoms with Crippen LogP contribution in [-0.2, 0) is 11.2 Å². The molecule has 1 heterocycles. The third-order valence-electron chi connectivity index (χ3n) is 5.18. The summed E-state index contributed by atoms with van der Waals surface area (Å²) in [5.41, 5.74) is 3.67. The zero-order valence-corrected chi connectivity index (χ0v) is 18.5. The standard InChI is InChI=1S/C26H23FN4O3/c1-17-5-2-3-8-22(17)26-31-30-25(34-26)20-11-9-19(10-12-20)24(33)29-14-13-28-23(32)16-18-6-4-7-21(27)15-18/h2-12,15H,13-14,16H2,1H3,(H,28,32)(H,29,33). The van der Waals surface area contributed by atoms with Crippen LogP contribution in [0.15, 0.2) is 77.2 Å². The highest BCUT2D eigenvalue weighted by molar-refractivity contribution is 5.94. The van der Waals surface area contributed by atoms with Gasteiger partial charge in [-0.1, -0.05) is 30.3 Å². The van der Waals surface area contributed by atoms with E-state index in [1.54, 1.807) is 36.4 Å². The Hall–Kier alpha value is -4.33. The number of nitrogens with zero attached hydrogens (tertiary/aromatic N) is 2. The molecule has 0 atom stereocenters. The number of rotatable bonds is 8. The Balaban J connectivity index is 1.26. The van der Waals surface area contributed by atoms with Gasteiger partial charge in [0.25, 0.3) is 5.91 Å². The van der Waals surface area contributed by atoms with Crippen molar-refractivity contribution in [2.75, 3.05) is 13.1 Å². The van der Waals surface area contributed by atoms with Crippen molar-refractivity contribution in [2.24, 2.45) is 0 Å². The highest BCUT2D eigenvalue weighted by Gasteiger charge is 2.13. The van der Waals surface area contributed by atoms with Gasteiger partial charge in [0.05, 0.1) is 6.42 Å². The third-order valence-corrected chi connectivity index (χ3v) is 5.18. The van der Waals surface area contributed by atoms with Crippen molar-refractivity contribution >= 4 is 11.8 Å². The van der Waals surface area contributed by atoms with Crippen molar-refractivity contribution < 1.29 is 18.4 Å². The third kappa shape index (κ3) is 5.72. The molecule has 7 nitrogen and oxygen atoms in total. The fourth-order valence-corrected chi connectivity index (χ4v) is 3.40. The molecule has 4 aromatic rings. The highest BCUT2D eigenvalue weighted by atomic mass is 19.1. The molecule has 172 valence electrons. The van der Waals surface area contributed by atoms with E-state index in [-0.39, 0.29) is 37.1 Å². The number of benzene rings is 3. The van der Waals surface area contributed by atoms with Crippen molar-refractivity contribution in [1.82, 2.24) is 20.8 Å². The Kier molecular flexibility index (Phi) is 7.07. The van der Waals surface area contributed by atoms with E-state index in [1.807, 2.05) is 31.2 Å². The SMILES string of the molecule is Cc1ccccc1-c1nnc(-c2ccc(C(=O)NCCNC(=O)Cc3cccc(F)c3)cc2)o1. The van der Waals surface area contributed by atoms with E-state index in [9.17, 15) is 14.0 Å². The van der Waals surface area contributed by atoms with E-state index >= 15 is 0 Å². The molecule has 0 saturated heterocycles. The van der Waals surface area contributed by atoms with Gasteiger partial charge < -0.3 is 15.1 Å². The van der Waals surface area contributed by atoms with Gasteiger partial charge in [-0.3, -0.25) is 9.59 Å². The zero-order chi connectivity index (χ0) is 23.9. The van der Waals surface area contributed by atoms with Crippen LogP contribution in [0, 0.1) is 12.7 Å². The molecule has 2 N–H and O–H groups in total. The predicted octanol–water partition coefficient (Wildman–Crippen LogP) is 3.94. The Labute approximate surface area is 196 Å². The highest BCUT2D eigenvalue weighted by Crippen LogP contribution is 2.26. The zero-order valence-electron chi connectivity index (χ0n) is 18.5. The molecule has 3 aromatic carbocycles. The molecule has 0 saturated carbocycles. The molecule has 34 heavy (non-hydrogen) atoms. The quantitative estimate of drug-likeness (QED) is 0.390. The number of aromatic nitrogens is 2. The molecule has 0 unspecified atom stereocenters. The van der Waals surface area contributed by atoms with E-state index in [0.29, 0.717) is 28.5 Å². The van der Waals surface area contributed by atoms with Crippen molar-refractivity contribution in [2.45, 2.75) is 13.3 Å². The summed E-state index contributed by atoms with van der Waals surface area (Å²) in [7, 11) is 0. The average molecular weight is 458 g/mol. The summed E-state index contributed by atoms with van der Waals surface area (Å²) >= 11 is 0. The summed E-state index contributed by atoms with van der Waals surface area (Å²) in [5.74, 6) is -0.0825. The van der Waals surface area contributed by atoms with E-state index in [4.69, 9.17) is 4.42 Å². The average Bonchev–Trinajstić information content (AvgIpc) is 3.32. The first-order chi connectivity index (χ1) is 16.5. The summed E-state index contributed by atoms with van der Waals surface area (Å²) in [6, 6.07) is 20.5. The second-order valence-electron chi connectivity index (χ2n) is 7.72. The number of hydrogen-bond donors (Lipinski definition) is 2. The van der Waals surface area contributed by atoms with Crippen LogP contribution < -0.4 is 10.6 Å². The van der Waals surface area contributed by atoms with Crippen LogP contribution in [0.3, 0.4) is 0 Å². The van der Waals surface area contributed by atoms with Crippen LogP contribution >= 0.6 is 0 Å². The van der Waals surface area contributed by atoms with Gasteiger partial charge in [-0.2, -0.15) is 0 Å². The minimum atomic E-state index is -0.380. The van der Waals surface area contributed by atoms with Crippen molar-refractivity contribution in [3.05, 3.63) is 95.3 Å². The van der Waals surface area contributed by atoms with Crippen LogP contribution in [-0.4, -0.2) is 35.1 Å². The normalized spacial score (nSPS) is 10.6. The van der Waals surface area contributed by atoms with Crippen molar-refractivity contribution in [1.29, 1.82) is 0 Å². The minimum Gasteiger partial charge on any atom is -0.416 e. The fraction of sp³-hybridized carbons (Fsp3) is 0.154. The molecule has 2 amide bonds. The molecule has 8 heteroatoms. The van der Waals surface area contributed by atoms with Gasteiger partial charge in [0.15, 0.2) is 0 Å². The van der Waals surface area contributed by atoms with Crippen LogP contribution in [0.2, 0.25) is 0 Å². The number of carbonyl (C=O) groups is 2. The fourth-order valence-electron chi connectivity index (χ4n) is 3.40. The topological polar surface area (TPSA) is 97.1 Å². The number of aryl methyl sites for hydroxylation is 1. The largest absolute Gasteiger partial charge is 0.416 e. The monoisotopic (exact) mass is 458 g/mol. The van der Waals surface area contributed by atoms with Gasteiger partial charge in [-0.25, -0.2) is 4.39 Å². The Morgan fingerprint density at radius 1 is 0.882 bits per heavy atom. The van der Waals surface area contributed by atoms with E-state index in [1.165, 1.54) is 12.1 Å². The van der Waals surface area contributed by atoms with Gasteiger partial charge >= 0.3 is 0 Å². The summed E-state index contributed by atoms with van der Waals surface area (Å²) in [5, 5.41) is 13.7. The summed E-state index contributed by atoms with van der Waals surface area (Å²) in [6.45, 7) is 2.50. The van der Waals surface area contributed by atoms with E-state index < -0.39 is 0 Å². The van der Waals surface area contributed by atoms with Crippen LogP contribution in [0.25, 0.3) is 22.9 Å². The van der Waals surface area contributed by atoms with E-state index in [2.05, 4.69) is 20.8 Å². The lowest BCUT2D eigenvalue weighted by Crippen LogP contribution is -2.35. The van der Waals surface area contributed by atoms with Crippen molar-refractivity contribution in [3.8, 4) is 22.9 Å². The second kappa shape index (κ2) is 10.5. The number of halogens is 1. The van der Waals surface area contributed by atoms with Gasteiger partial charge in [0, 0.05) is 29.8 Å². The van der Waals surface area contributed by atoms with Gasteiger partial charge in [0.2, 0.25) is 17.7 Å². The first kappa shape index (κ1) is 22.8. The molecular weight excluding hydrogens is 435 g/mol. The summed E-state index contributed by atoms with van der Waals surface area (Å²) in [4.78, 5) is 24.3. The van der Waals surface area contributed by atoms with E-state index in [0.717, 1.165) is 11.1 Å². The molecule has 0 spiro atoms. The molecule has 0 fully saturated rings. The first-order valence-corrected chi connectivity index (χ1v) is 10.8. The number of nitrogens with one attached hydrogen (secondary N) is 2. The lowest BCUT2D eigenvalue weighted by atomic mass is 10.1. The second-order valence-corrected chi connectivity index (χ2v) is 7.72. The molecule has 0 aliphatic heterocycles. The lowest BCUT2D eigenvalue weighted by Gasteiger charge is -2.08. The van der Waals surface area contributed by atoms with Crippen LogP contribution in [0.5, 0.6) is 0 Å². The molecular formula is C26H23FN4O3. The Morgan fingerprint density at radius 3 is 2.38 bits per heavy atom. The van der Waals surface area contributed by atoms with Crippen LogP contribution in [0.4, 0.5) is 4.39 Å². The molecule has 0 bridgehead atoms. The maximum absolute atomic E-state index is 13.2. The molecule has 0 aliphatic rings. The van der Waals surface area contributed by atoms with Crippen molar-refractivity contribution in [3.63, 3.8) is 0 Å². The van der Waals surface area contributed by atoms with Gasteiger partial charge in [0.1, 0.15) is 5.82 Å². The van der Waals surface area contributed by atoms with Gasteiger partial charge in [-0.05, 0) is 60.5 Å². The first-order valence-electron chi connectivity index (χ1n) is 10.8. The minimum absolute atomic E-state index is 0.0778. The van der Waals surface area contributed by atoms with Crippen LogP contribution in [0.1, 0.15) is 21.5 Å². The Morgan fingerprint density at radius 2 is 1.62 bits per heavy atom. The number of amides is 2. The molecule has 4 rings (SSSR count). The maximum Gasteiger partial charge on any atom is 0.251 e. The summed E-state index contributed by atoms with van der Waals surface area (Å²) < 4.78 is 19.0. The number of carbonyl (C=O) groups excluding carboxylic acids is 2. The lowest BCUT2D eigenvalue weighted by molar-refractivity contribution is -0.120. The molecule has 0 aliphatic carbocycles. The summed E-state index contributed by atoms with van der Waals surface area (Å²) in [6.07, 6.45) is 0.0778. The smallest absolute Gasteiger partial charge is 0.251 e. The molecule has 1 aromatic heterocycles. The predicted molar refractivity (Wildman–Crippen MR) is 125 cm³/mol. The van der Waals surface area contributed by atoms with Gasteiger partial charge in [-0.15, -0.1) is 10.2 Å². The molecule has 0 radical (unpaired) electrons. The maximum atomic E-state index is 13.2. The Bertz CT molecular complexity index is 1300.